The highest BCUT2D eigenvalue weighted by atomic mass is 19.4. The number of alkyl halides is 3. The van der Waals surface area contributed by atoms with E-state index >= 15 is 0 Å². The van der Waals surface area contributed by atoms with E-state index in [-0.39, 0.29) is 17.9 Å². The van der Waals surface area contributed by atoms with Crippen molar-refractivity contribution in [3.63, 3.8) is 0 Å². The molecule has 0 radical (unpaired) electrons. The molecule has 2 aliphatic rings. The van der Waals surface area contributed by atoms with Crippen molar-refractivity contribution >= 4 is 6.03 Å². The van der Waals surface area contributed by atoms with Gasteiger partial charge in [-0.3, -0.25) is 9.80 Å². The summed E-state index contributed by atoms with van der Waals surface area (Å²) in [6.07, 6.45) is -4.34. The highest BCUT2D eigenvalue weighted by molar-refractivity contribution is 5.74. The van der Waals surface area contributed by atoms with Gasteiger partial charge in [0, 0.05) is 52.4 Å². The van der Waals surface area contributed by atoms with Gasteiger partial charge in [0.1, 0.15) is 5.82 Å². The molecule has 1 atom stereocenters. The summed E-state index contributed by atoms with van der Waals surface area (Å²) < 4.78 is 57.1. The lowest BCUT2D eigenvalue weighted by Crippen LogP contribution is -2.53. The average molecular weight is 495 g/mol. The number of nitrogens with zero attached hydrogens (tertiary/aromatic N) is 3. The maximum absolute atomic E-state index is 13.4. The first-order chi connectivity index (χ1) is 16.8. The van der Waals surface area contributed by atoms with Crippen LogP contribution in [0.25, 0.3) is 0 Å². The zero-order valence-electron chi connectivity index (χ0n) is 19.4. The Labute approximate surface area is 202 Å². The van der Waals surface area contributed by atoms with E-state index in [2.05, 4.69) is 15.1 Å². The summed E-state index contributed by atoms with van der Waals surface area (Å²) in [5.74, 6) is -0.298. The van der Waals surface area contributed by atoms with Gasteiger partial charge >= 0.3 is 12.2 Å². The van der Waals surface area contributed by atoms with Crippen LogP contribution in [-0.4, -0.2) is 79.8 Å². The molecule has 1 N–H and O–H groups in total. The molecule has 2 aliphatic heterocycles. The van der Waals surface area contributed by atoms with E-state index in [9.17, 15) is 22.4 Å². The number of hydrogen-bond acceptors (Lipinski definition) is 4. The summed E-state index contributed by atoms with van der Waals surface area (Å²) in [6.45, 7) is 5.99. The molecule has 0 saturated carbocycles. The molecule has 2 saturated heterocycles. The van der Waals surface area contributed by atoms with Crippen LogP contribution in [0.4, 0.5) is 22.4 Å². The van der Waals surface area contributed by atoms with Gasteiger partial charge in [0.15, 0.2) is 0 Å². The van der Waals surface area contributed by atoms with Crippen LogP contribution >= 0.6 is 0 Å². The fourth-order valence-corrected chi connectivity index (χ4v) is 4.49. The topological polar surface area (TPSA) is 48.1 Å². The molecule has 4 rings (SSSR count). The summed E-state index contributed by atoms with van der Waals surface area (Å²) in [6, 6.07) is 11.3. The minimum absolute atomic E-state index is 0.0793. The maximum atomic E-state index is 13.4. The van der Waals surface area contributed by atoms with E-state index in [1.165, 1.54) is 24.3 Å². The van der Waals surface area contributed by atoms with E-state index in [4.69, 9.17) is 4.74 Å². The Morgan fingerprint density at radius 3 is 2.14 bits per heavy atom. The number of morpholine rings is 1. The Balaban J connectivity index is 1.27. The van der Waals surface area contributed by atoms with Gasteiger partial charge in [-0.05, 0) is 35.4 Å². The smallest absolute Gasteiger partial charge is 0.379 e. The average Bonchev–Trinajstić information content (AvgIpc) is 2.86. The summed E-state index contributed by atoms with van der Waals surface area (Å²) in [7, 11) is 0. The van der Waals surface area contributed by atoms with Gasteiger partial charge in [-0.25, -0.2) is 9.18 Å². The minimum Gasteiger partial charge on any atom is -0.379 e. The van der Waals surface area contributed by atoms with Crippen molar-refractivity contribution in [1.82, 2.24) is 20.0 Å². The first-order valence-corrected chi connectivity index (χ1v) is 11.8. The van der Waals surface area contributed by atoms with Crippen molar-refractivity contribution in [2.24, 2.45) is 0 Å². The SMILES string of the molecule is O=C(NC[C@H](c1ccc(F)cc1)N1CCOCC1)N1CCN(Cc2ccc(C(F)(F)F)cc2)CC1. The Morgan fingerprint density at radius 2 is 1.54 bits per heavy atom. The Kier molecular flexibility index (Phi) is 8.25. The molecule has 35 heavy (non-hydrogen) atoms. The standard InChI is InChI=1S/C25H30F4N4O2/c26-22-7-3-20(4-8-22)23(32-13-15-35-16-14-32)17-30-24(34)33-11-9-31(10-12-33)18-19-1-5-21(6-2-19)25(27,28)29/h1-8,23H,9-18H2,(H,30,34)/t23-/m1/s1. The largest absolute Gasteiger partial charge is 0.416 e. The number of carbonyl (C=O) groups is 1. The first-order valence-electron chi connectivity index (χ1n) is 11.8. The van der Waals surface area contributed by atoms with Crippen molar-refractivity contribution in [1.29, 1.82) is 0 Å². The number of nitrogens with one attached hydrogen (secondary N) is 1. The molecular weight excluding hydrogens is 464 g/mol. The molecule has 2 heterocycles. The molecule has 190 valence electrons. The fourth-order valence-electron chi connectivity index (χ4n) is 4.49. The van der Waals surface area contributed by atoms with Gasteiger partial charge in [-0.2, -0.15) is 13.2 Å². The molecule has 2 amide bonds. The second-order valence-electron chi connectivity index (χ2n) is 8.86. The lowest BCUT2D eigenvalue weighted by molar-refractivity contribution is -0.137. The van der Waals surface area contributed by atoms with Gasteiger partial charge in [0.05, 0.1) is 24.8 Å². The lowest BCUT2D eigenvalue weighted by Gasteiger charge is -2.37. The third-order valence-electron chi connectivity index (χ3n) is 6.53. The molecule has 0 spiro atoms. The predicted molar refractivity (Wildman–Crippen MR) is 123 cm³/mol. The number of carbonyl (C=O) groups excluding carboxylic acids is 1. The molecule has 6 nitrogen and oxygen atoms in total. The molecule has 10 heteroatoms. The number of piperazine rings is 1. The molecule has 2 fully saturated rings. The van der Waals surface area contributed by atoms with E-state index in [1.54, 1.807) is 17.0 Å². The van der Waals surface area contributed by atoms with Crippen LogP contribution in [-0.2, 0) is 17.5 Å². The number of ether oxygens (including phenoxy) is 1. The summed E-state index contributed by atoms with van der Waals surface area (Å²) in [4.78, 5) is 19.0. The van der Waals surface area contributed by atoms with E-state index in [0.717, 1.165) is 36.3 Å². The molecule has 0 aliphatic carbocycles. The summed E-state index contributed by atoms with van der Waals surface area (Å²) in [5, 5.41) is 3.03. The van der Waals surface area contributed by atoms with Crippen LogP contribution in [0.2, 0.25) is 0 Å². The maximum Gasteiger partial charge on any atom is 0.416 e. The van der Waals surface area contributed by atoms with E-state index in [0.29, 0.717) is 52.5 Å². The quantitative estimate of drug-likeness (QED) is 0.622. The Morgan fingerprint density at radius 1 is 0.914 bits per heavy atom. The van der Waals surface area contributed by atoms with Crippen LogP contribution in [0.15, 0.2) is 48.5 Å². The van der Waals surface area contributed by atoms with Gasteiger partial charge < -0.3 is 15.0 Å². The number of urea groups is 1. The normalized spacial score (nSPS) is 18.9. The van der Waals surface area contributed by atoms with Gasteiger partial charge in [0.25, 0.3) is 0 Å². The van der Waals surface area contributed by atoms with Crippen LogP contribution in [0, 0.1) is 5.82 Å². The highest BCUT2D eigenvalue weighted by Gasteiger charge is 2.30. The van der Waals surface area contributed by atoms with E-state index in [1.807, 2.05) is 0 Å². The number of halogens is 4. The molecule has 0 bridgehead atoms. The van der Waals surface area contributed by atoms with Crippen LogP contribution in [0.3, 0.4) is 0 Å². The molecular formula is C25H30F4N4O2. The van der Waals surface area contributed by atoms with Crippen molar-refractivity contribution in [3.05, 3.63) is 71.0 Å². The summed E-state index contributed by atoms with van der Waals surface area (Å²) >= 11 is 0. The molecule has 0 aromatic heterocycles. The Bertz CT molecular complexity index is 955. The zero-order valence-corrected chi connectivity index (χ0v) is 19.4. The van der Waals surface area contributed by atoms with Crippen LogP contribution in [0.5, 0.6) is 0 Å². The van der Waals surface area contributed by atoms with Gasteiger partial charge in [0.2, 0.25) is 0 Å². The number of rotatable bonds is 6. The second kappa shape index (κ2) is 11.4. The van der Waals surface area contributed by atoms with Crippen LogP contribution < -0.4 is 5.32 Å². The molecule has 2 aromatic carbocycles. The number of hydrogen-bond donors (Lipinski definition) is 1. The van der Waals surface area contributed by atoms with Crippen molar-refractivity contribution in [3.8, 4) is 0 Å². The first kappa shape index (κ1) is 25.4. The van der Waals surface area contributed by atoms with Crippen molar-refractivity contribution in [2.45, 2.75) is 18.8 Å². The highest BCUT2D eigenvalue weighted by Crippen LogP contribution is 2.29. The van der Waals surface area contributed by atoms with Crippen molar-refractivity contribution in [2.75, 3.05) is 59.0 Å². The third-order valence-corrected chi connectivity index (χ3v) is 6.53. The minimum atomic E-state index is -4.34. The fraction of sp³-hybridized carbons (Fsp3) is 0.480. The lowest BCUT2D eigenvalue weighted by atomic mass is 10.0. The van der Waals surface area contributed by atoms with Gasteiger partial charge in [-0.15, -0.1) is 0 Å². The zero-order chi connectivity index (χ0) is 24.8. The summed E-state index contributed by atoms with van der Waals surface area (Å²) in [5.41, 5.74) is 1.09. The number of amides is 2. The molecule has 0 unspecified atom stereocenters. The van der Waals surface area contributed by atoms with E-state index < -0.39 is 11.7 Å². The Hall–Kier alpha value is -2.69. The van der Waals surface area contributed by atoms with Crippen molar-refractivity contribution < 1.29 is 27.1 Å². The molecule has 2 aromatic rings. The third kappa shape index (κ3) is 6.93. The van der Waals surface area contributed by atoms with Gasteiger partial charge in [-0.1, -0.05) is 24.3 Å². The predicted octanol–water partition coefficient (Wildman–Crippen LogP) is 3.75. The second-order valence-corrected chi connectivity index (χ2v) is 8.86. The monoisotopic (exact) mass is 494 g/mol. The van der Waals surface area contributed by atoms with Crippen LogP contribution in [0.1, 0.15) is 22.7 Å². The number of benzene rings is 2.